The molecule has 0 aromatic heterocycles. The summed E-state index contributed by atoms with van der Waals surface area (Å²) in [6, 6.07) is 12.0. The van der Waals surface area contributed by atoms with Crippen molar-refractivity contribution in [3.63, 3.8) is 0 Å². The second kappa shape index (κ2) is 7.74. The molecule has 4 nitrogen and oxygen atoms in total. The highest BCUT2D eigenvalue weighted by atomic mass is 35.5. The van der Waals surface area contributed by atoms with Crippen LogP contribution in [-0.4, -0.2) is 37.1 Å². The largest absolute Gasteiger partial charge is 0.368 e. The smallest absolute Gasteiger partial charge is 0.317 e. The van der Waals surface area contributed by atoms with Gasteiger partial charge in [0.25, 0.3) is 0 Å². The van der Waals surface area contributed by atoms with Crippen LogP contribution >= 0.6 is 11.6 Å². The molecule has 132 valence electrons. The van der Waals surface area contributed by atoms with Gasteiger partial charge in [0.15, 0.2) is 0 Å². The summed E-state index contributed by atoms with van der Waals surface area (Å²) in [5.74, 6) is -0.275. The van der Waals surface area contributed by atoms with E-state index in [9.17, 15) is 9.18 Å². The van der Waals surface area contributed by atoms with Crippen molar-refractivity contribution in [2.75, 3.05) is 31.1 Å². The van der Waals surface area contributed by atoms with Crippen molar-refractivity contribution < 1.29 is 9.18 Å². The zero-order valence-electron chi connectivity index (χ0n) is 14.1. The van der Waals surface area contributed by atoms with E-state index in [0.717, 1.165) is 34.9 Å². The van der Waals surface area contributed by atoms with Crippen LogP contribution < -0.4 is 10.2 Å². The summed E-state index contributed by atoms with van der Waals surface area (Å²) >= 11 is 6.20. The minimum absolute atomic E-state index is 0.0909. The summed E-state index contributed by atoms with van der Waals surface area (Å²) < 4.78 is 12.9. The molecule has 2 aromatic rings. The van der Waals surface area contributed by atoms with Crippen LogP contribution in [0.15, 0.2) is 42.5 Å². The highest BCUT2D eigenvalue weighted by Crippen LogP contribution is 2.27. The Hall–Kier alpha value is -2.27. The number of hydrogen-bond acceptors (Lipinski definition) is 2. The monoisotopic (exact) mass is 361 g/mol. The van der Waals surface area contributed by atoms with E-state index in [1.54, 1.807) is 17.0 Å². The fourth-order valence-corrected chi connectivity index (χ4v) is 3.15. The molecule has 1 N–H and O–H groups in total. The lowest BCUT2D eigenvalue weighted by atomic mass is 10.1. The summed E-state index contributed by atoms with van der Waals surface area (Å²) in [5.41, 5.74) is 3.07. The molecule has 0 atom stereocenters. The number of anilines is 1. The van der Waals surface area contributed by atoms with Gasteiger partial charge in [-0.05, 0) is 42.3 Å². The van der Waals surface area contributed by atoms with E-state index >= 15 is 0 Å². The molecular formula is C19H21ClFN3O. The standard InChI is InChI=1S/C19H21ClFN3O/c1-14-17(20)3-2-4-18(14)23-9-11-24(12-10-23)19(25)22-13-15-5-7-16(21)8-6-15/h2-8H,9-13H2,1H3,(H,22,25). The van der Waals surface area contributed by atoms with Gasteiger partial charge in [-0.3, -0.25) is 0 Å². The first-order valence-electron chi connectivity index (χ1n) is 8.32. The van der Waals surface area contributed by atoms with E-state index in [-0.39, 0.29) is 11.8 Å². The van der Waals surface area contributed by atoms with Crippen LogP contribution in [-0.2, 0) is 6.54 Å². The average Bonchev–Trinajstić information content (AvgIpc) is 2.63. The van der Waals surface area contributed by atoms with Gasteiger partial charge in [0.05, 0.1) is 0 Å². The molecule has 0 saturated carbocycles. The number of nitrogens with one attached hydrogen (secondary N) is 1. The minimum atomic E-state index is -0.275. The first-order chi connectivity index (χ1) is 12.0. The molecule has 2 aromatic carbocycles. The fourth-order valence-electron chi connectivity index (χ4n) is 2.98. The molecule has 0 bridgehead atoms. The van der Waals surface area contributed by atoms with Gasteiger partial charge in [-0.15, -0.1) is 0 Å². The average molecular weight is 362 g/mol. The van der Waals surface area contributed by atoms with Crippen LogP contribution in [0.2, 0.25) is 5.02 Å². The van der Waals surface area contributed by atoms with E-state index in [1.165, 1.54) is 12.1 Å². The number of amides is 2. The van der Waals surface area contributed by atoms with Crippen LogP contribution in [0.1, 0.15) is 11.1 Å². The predicted molar refractivity (Wildman–Crippen MR) is 98.6 cm³/mol. The molecule has 3 rings (SSSR count). The predicted octanol–water partition coefficient (Wildman–Crippen LogP) is 3.82. The molecule has 25 heavy (non-hydrogen) atoms. The molecule has 0 radical (unpaired) electrons. The van der Waals surface area contributed by atoms with Crippen LogP contribution in [0, 0.1) is 12.7 Å². The van der Waals surface area contributed by atoms with Crippen molar-refractivity contribution in [1.29, 1.82) is 0 Å². The van der Waals surface area contributed by atoms with Crippen molar-refractivity contribution in [3.8, 4) is 0 Å². The van der Waals surface area contributed by atoms with Crippen LogP contribution in [0.3, 0.4) is 0 Å². The Morgan fingerprint density at radius 2 is 1.80 bits per heavy atom. The fraction of sp³-hybridized carbons (Fsp3) is 0.316. The van der Waals surface area contributed by atoms with Crippen molar-refractivity contribution in [3.05, 3.63) is 64.4 Å². The maximum absolute atomic E-state index is 12.9. The molecule has 1 saturated heterocycles. The number of carbonyl (C=O) groups is 1. The van der Waals surface area contributed by atoms with Gasteiger partial charge in [-0.2, -0.15) is 0 Å². The second-order valence-electron chi connectivity index (χ2n) is 6.14. The quantitative estimate of drug-likeness (QED) is 0.902. The zero-order chi connectivity index (χ0) is 17.8. The molecule has 1 aliphatic heterocycles. The number of hydrogen-bond donors (Lipinski definition) is 1. The maximum Gasteiger partial charge on any atom is 0.317 e. The lowest BCUT2D eigenvalue weighted by Crippen LogP contribution is -2.51. The lowest BCUT2D eigenvalue weighted by Gasteiger charge is -2.36. The number of carbonyl (C=O) groups excluding carboxylic acids is 1. The Kier molecular flexibility index (Phi) is 5.43. The Balaban J connectivity index is 1.52. The highest BCUT2D eigenvalue weighted by molar-refractivity contribution is 6.31. The summed E-state index contributed by atoms with van der Waals surface area (Å²) in [5, 5.41) is 3.65. The van der Waals surface area contributed by atoms with E-state index < -0.39 is 0 Å². The molecule has 0 unspecified atom stereocenters. The van der Waals surface area contributed by atoms with Crippen LogP contribution in [0.25, 0.3) is 0 Å². The van der Waals surface area contributed by atoms with Gasteiger partial charge in [-0.25, -0.2) is 9.18 Å². The second-order valence-corrected chi connectivity index (χ2v) is 6.55. The van der Waals surface area contributed by atoms with Gasteiger partial charge in [0.1, 0.15) is 5.82 Å². The van der Waals surface area contributed by atoms with Gasteiger partial charge < -0.3 is 15.1 Å². The minimum Gasteiger partial charge on any atom is -0.368 e. The third-order valence-corrected chi connectivity index (χ3v) is 4.91. The van der Waals surface area contributed by atoms with Gasteiger partial charge in [0, 0.05) is 43.4 Å². The first kappa shape index (κ1) is 17.5. The number of piperazine rings is 1. The normalized spacial score (nSPS) is 14.5. The number of halogens is 2. The topological polar surface area (TPSA) is 35.6 Å². The van der Waals surface area contributed by atoms with Crippen LogP contribution in [0.4, 0.5) is 14.9 Å². The molecule has 2 amide bonds. The number of rotatable bonds is 3. The van der Waals surface area contributed by atoms with E-state index in [1.807, 2.05) is 19.1 Å². The Morgan fingerprint density at radius 3 is 2.48 bits per heavy atom. The zero-order valence-corrected chi connectivity index (χ0v) is 14.9. The van der Waals surface area contributed by atoms with E-state index in [2.05, 4.69) is 16.3 Å². The lowest BCUT2D eigenvalue weighted by molar-refractivity contribution is 0.194. The van der Waals surface area contributed by atoms with Gasteiger partial charge >= 0.3 is 6.03 Å². The molecule has 1 fully saturated rings. The molecule has 1 heterocycles. The summed E-state index contributed by atoms with van der Waals surface area (Å²) in [7, 11) is 0. The Bertz CT molecular complexity index is 743. The Morgan fingerprint density at radius 1 is 1.12 bits per heavy atom. The molecule has 0 spiro atoms. The molecule has 6 heteroatoms. The van der Waals surface area contributed by atoms with Crippen LogP contribution in [0.5, 0.6) is 0 Å². The SMILES string of the molecule is Cc1c(Cl)cccc1N1CCN(C(=O)NCc2ccc(F)cc2)CC1. The van der Waals surface area contributed by atoms with Gasteiger partial charge in [-0.1, -0.05) is 29.8 Å². The van der Waals surface area contributed by atoms with Gasteiger partial charge in [0.2, 0.25) is 0 Å². The first-order valence-corrected chi connectivity index (χ1v) is 8.69. The van der Waals surface area contributed by atoms with Crippen molar-refractivity contribution in [1.82, 2.24) is 10.2 Å². The van der Waals surface area contributed by atoms with E-state index in [4.69, 9.17) is 11.6 Å². The van der Waals surface area contributed by atoms with Crippen molar-refractivity contribution in [2.24, 2.45) is 0 Å². The number of nitrogens with zero attached hydrogens (tertiary/aromatic N) is 2. The molecular weight excluding hydrogens is 341 g/mol. The summed E-state index contributed by atoms with van der Waals surface area (Å²) in [6.07, 6.45) is 0. The third-order valence-electron chi connectivity index (χ3n) is 4.50. The Labute approximate surface area is 152 Å². The third kappa shape index (κ3) is 4.23. The number of benzene rings is 2. The molecule has 0 aliphatic carbocycles. The number of urea groups is 1. The highest BCUT2D eigenvalue weighted by Gasteiger charge is 2.22. The summed E-state index contributed by atoms with van der Waals surface area (Å²) in [4.78, 5) is 16.4. The molecule has 1 aliphatic rings. The maximum atomic E-state index is 12.9. The van der Waals surface area contributed by atoms with Crippen molar-refractivity contribution in [2.45, 2.75) is 13.5 Å². The summed E-state index contributed by atoms with van der Waals surface area (Å²) in [6.45, 7) is 5.25. The van der Waals surface area contributed by atoms with E-state index in [0.29, 0.717) is 19.6 Å². The van der Waals surface area contributed by atoms with Crippen molar-refractivity contribution >= 4 is 23.3 Å².